The summed E-state index contributed by atoms with van der Waals surface area (Å²) < 4.78 is 5.08. The Morgan fingerprint density at radius 3 is 2.69 bits per heavy atom. The smallest absolute Gasteiger partial charge is 0.308 e. The van der Waals surface area contributed by atoms with Crippen LogP contribution in [0, 0.1) is 6.92 Å². The molecule has 7 nitrogen and oxygen atoms in total. The number of ether oxygens (including phenoxy) is 1. The van der Waals surface area contributed by atoms with Crippen molar-refractivity contribution in [3.63, 3.8) is 0 Å². The largest absolute Gasteiger partial charge is 0.427 e. The van der Waals surface area contributed by atoms with Crippen molar-refractivity contribution < 1.29 is 14.3 Å². The molecule has 3 rings (SSSR count). The van der Waals surface area contributed by atoms with Gasteiger partial charge in [-0.25, -0.2) is 9.97 Å². The fourth-order valence-electron chi connectivity index (χ4n) is 2.20. The number of hydrogen-bond donors (Lipinski definition) is 2. The Bertz CT molecular complexity index is 965. The molecule has 1 aromatic carbocycles. The van der Waals surface area contributed by atoms with Crippen molar-refractivity contribution in [1.82, 2.24) is 9.97 Å². The molecule has 3 aromatic rings. The van der Waals surface area contributed by atoms with E-state index in [-0.39, 0.29) is 11.9 Å². The number of nitrogens with zero attached hydrogens (tertiary/aromatic N) is 2. The van der Waals surface area contributed by atoms with Gasteiger partial charge < -0.3 is 15.4 Å². The van der Waals surface area contributed by atoms with E-state index in [9.17, 15) is 9.59 Å². The van der Waals surface area contributed by atoms with Crippen molar-refractivity contribution in [2.45, 2.75) is 20.8 Å². The molecule has 0 aliphatic rings. The first kappa shape index (κ1) is 18.0. The average Bonchev–Trinajstić information content (AvgIpc) is 3.13. The number of nitrogens with one attached hydrogen (secondary N) is 2. The second-order valence-electron chi connectivity index (χ2n) is 5.40. The first-order chi connectivity index (χ1) is 12.4. The summed E-state index contributed by atoms with van der Waals surface area (Å²) in [6, 6.07) is 7.10. The van der Waals surface area contributed by atoms with E-state index in [4.69, 9.17) is 4.74 Å². The first-order valence-corrected chi connectivity index (χ1v) is 9.37. The van der Waals surface area contributed by atoms with Gasteiger partial charge in [-0.05, 0) is 19.1 Å². The molecule has 0 saturated carbocycles. The number of aryl methyl sites for hydroxylation is 1. The minimum atomic E-state index is -0.366. The fraction of sp³-hybridized carbons (Fsp3) is 0.176. The van der Waals surface area contributed by atoms with Crippen molar-refractivity contribution in [3.05, 3.63) is 35.3 Å². The van der Waals surface area contributed by atoms with Gasteiger partial charge in [-0.2, -0.15) is 0 Å². The summed E-state index contributed by atoms with van der Waals surface area (Å²) in [6.45, 7) is 4.69. The molecule has 0 aliphatic carbocycles. The first-order valence-electron chi connectivity index (χ1n) is 7.67. The Hall–Kier alpha value is -2.78. The van der Waals surface area contributed by atoms with E-state index in [2.05, 4.69) is 20.6 Å². The molecule has 2 heterocycles. The molecule has 0 spiro atoms. The Kier molecular flexibility index (Phi) is 5.29. The fourth-order valence-corrected chi connectivity index (χ4v) is 3.97. The Balaban J connectivity index is 1.77. The van der Waals surface area contributed by atoms with Crippen LogP contribution in [-0.4, -0.2) is 21.8 Å². The van der Waals surface area contributed by atoms with E-state index < -0.39 is 0 Å². The second-order valence-corrected chi connectivity index (χ2v) is 7.26. The van der Waals surface area contributed by atoms with Gasteiger partial charge in [0.15, 0.2) is 10.3 Å². The summed E-state index contributed by atoms with van der Waals surface area (Å²) in [5.41, 5.74) is 2.37. The van der Waals surface area contributed by atoms with E-state index in [1.807, 2.05) is 18.4 Å². The number of rotatable bonds is 5. The summed E-state index contributed by atoms with van der Waals surface area (Å²) in [7, 11) is 0. The number of hydrogen-bond acceptors (Lipinski definition) is 8. The lowest BCUT2D eigenvalue weighted by atomic mass is 10.3. The highest BCUT2D eigenvalue weighted by atomic mass is 32.1. The van der Waals surface area contributed by atoms with Crippen LogP contribution in [0.1, 0.15) is 19.5 Å². The highest BCUT2D eigenvalue weighted by molar-refractivity contribution is 7.20. The molecule has 0 unspecified atom stereocenters. The molecule has 0 aliphatic heterocycles. The van der Waals surface area contributed by atoms with Gasteiger partial charge in [-0.3, -0.25) is 9.59 Å². The molecule has 2 aromatic heterocycles. The maximum atomic E-state index is 11.2. The van der Waals surface area contributed by atoms with Crippen LogP contribution in [0.3, 0.4) is 0 Å². The van der Waals surface area contributed by atoms with Crippen LogP contribution in [0.4, 0.5) is 16.0 Å². The lowest BCUT2D eigenvalue weighted by Crippen LogP contribution is -2.04. The van der Waals surface area contributed by atoms with Crippen LogP contribution < -0.4 is 15.4 Å². The molecule has 0 radical (unpaired) electrons. The van der Waals surface area contributed by atoms with E-state index in [1.165, 1.54) is 36.5 Å². The van der Waals surface area contributed by atoms with Crippen molar-refractivity contribution in [3.8, 4) is 16.3 Å². The predicted octanol–water partition coefficient (Wildman–Crippen LogP) is 4.20. The van der Waals surface area contributed by atoms with Crippen molar-refractivity contribution in [1.29, 1.82) is 0 Å². The zero-order chi connectivity index (χ0) is 18.7. The zero-order valence-corrected chi connectivity index (χ0v) is 16.0. The molecule has 0 bridgehead atoms. The molecule has 0 fully saturated rings. The molecule has 134 valence electrons. The Morgan fingerprint density at radius 2 is 1.96 bits per heavy atom. The van der Waals surface area contributed by atoms with E-state index in [0.717, 1.165) is 22.0 Å². The number of anilines is 3. The third-order valence-electron chi connectivity index (χ3n) is 3.16. The van der Waals surface area contributed by atoms with Crippen LogP contribution in [-0.2, 0) is 9.59 Å². The lowest BCUT2D eigenvalue weighted by Gasteiger charge is -2.05. The number of benzene rings is 1. The number of thiazole rings is 2. The molecule has 26 heavy (non-hydrogen) atoms. The highest BCUT2D eigenvalue weighted by Crippen LogP contribution is 2.35. The van der Waals surface area contributed by atoms with Crippen molar-refractivity contribution in [2.24, 2.45) is 0 Å². The van der Waals surface area contributed by atoms with Gasteiger partial charge in [0.05, 0.1) is 16.3 Å². The minimum Gasteiger partial charge on any atom is -0.427 e. The van der Waals surface area contributed by atoms with Gasteiger partial charge in [-0.1, -0.05) is 17.4 Å². The second kappa shape index (κ2) is 7.63. The number of carbonyl (C=O) groups is 2. The Morgan fingerprint density at radius 1 is 1.15 bits per heavy atom. The summed E-state index contributed by atoms with van der Waals surface area (Å²) in [5.74, 6) is -0.0505. The van der Waals surface area contributed by atoms with Crippen LogP contribution >= 0.6 is 22.7 Å². The predicted molar refractivity (Wildman–Crippen MR) is 103 cm³/mol. The van der Waals surface area contributed by atoms with Gasteiger partial charge in [-0.15, -0.1) is 11.3 Å². The van der Waals surface area contributed by atoms with Crippen molar-refractivity contribution in [2.75, 3.05) is 10.6 Å². The molecule has 0 saturated heterocycles. The monoisotopic (exact) mass is 388 g/mol. The maximum Gasteiger partial charge on any atom is 0.308 e. The molecule has 9 heteroatoms. The molecule has 1 amide bonds. The minimum absolute atomic E-state index is 0.154. The summed E-state index contributed by atoms with van der Waals surface area (Å²) in [6.07, 6.45) is 0. The van der Waals surface area contributed by atoms with Crippen LogP contribution in [0.2, 0.25) is 0 Å². The van der Waals surface area contributed by atoms with E-state index in [1.54, 1.807) is 18.2 Å². The molecular weight excluding hydrogens is 372 g/mol. The van der Waals surface area contributed by atoms with Gasteiger partial charge in [0.1, 0.15) is 5.75 Å². The third kappa shape index (κ3) is 4.44. The van der Waals surface area contributed by atoms with Crippen LogP contribution in [0.5, 0.6) is 5.75 Å². The molecule has 2 N–H and O–H groups in total. The normalized spacial score (nSPS) is 10.4. The van der Waals surface area contributed by atoms with E-state index >= 15 is 0 Å². The summed E-state index contributed by atoms with van der Waals surface area (Å²) in [4.78, 5) is 32.1. The van der Waals surface area contributed by atoms with Crippen LogP contribution in [0.15, 0.2) is 29.6 Å². The number of aromatic nitrogens is 2. The SMILES string of the molecule is CC(=O)Nc1nc(C)c(-c2csc(Nc3cccc(OC(C)=O)c3)n2)s1. The standard InChI is InChI=1S/C17H16N4O3S2/c1-9-15(26-17(18-9)19-10(2)22)14-8-25-16(21-14)20-12-5-4-6-13(7-12)24-11(3)23/h4-8H,1-3H3,(H,20,21)(H,18,19,22). The lowest BCUT2D eigenvalue weighted by molar-refractivity contribution is -0.131. The molecule has 0 atom stereocenters. The zero-order valence-electron chi connectivity index (χ0n) is 14.3. The van der Waals surface area contributed by atoms with Gasteiger partial charge in [0.25, 0.3) is 0 Å². The maximum absolute atomic E-state index is 11.2. The van der Waals surface area contributed by atoms with Gasteiger partial charge in [0.2, 0.25) is 5.91 Å². The van der Waals surface area contributed by atoms with E-state index in [0.29, 0.717) is 16.0 Å². The highest BCUT2D eigenvalue weighted by Gasteiger charge is 2.14. The van der Waals surface area contributed by atoms with Gasteiger partial charge in [0, 0.05) is 31.0 Å². The number of carbonyl (C=O) groups excluding carboxylic acids is 2. The number of amides is 1. The summed E-state index contributed by atoms with van der Waals surface area (Å²) >= 11 is 2.84. The average molecular weight is 388 g/mol. The number of esters is 1. The summed E-state index contributed by atoms with van der Waals surface area (Å²) in [5, 5.41) is 9.07. The Labute approximate surface area is 158 Å². The van der Waals surface area contributed by atoms with Crippen molar-refractivity contribution >= 4 is 50.5 Å². The third-order valence-corrected chi connectivity index (χ3v) is 5.02. The molecular formula is C17H16N4O3S2. The quantitative estimate of drug-likeness (QED) is 0.502. The van der Waals surface area contributed by atoms with Gasteiger partial charge >= 0.3 is 5.97 Å². The topological polar surface area (TPSA) is 93.2 Å². The van der Waals surface area contributed by atoms with Crippen LogP contribution in [0.25, 0.3) is 10.6 Å².